The molecule has 3 aliphatic rings. The molecule has 0 heterocycles. The molecule has 178 valence electrons. The third-order valence-corrected chi connectivity index (χ3v) is 7.46. The topological polar surface area (TPSA) is 165 Å². The van der Waals surface area contributed by atoms with Crippen LogP contribution in [-0.4, -0.2) is 43.1 Å². The Labute approximate surface area is 180 Å². The zero-order chi connectivity index (χ0) is 23.3. The van der Waals surface area contributed by atoms with Gasteiger partial charge in [0.15, 0.2) is 0 Å². The summed E-state index contributed by atoms with van der Waals surface area (Å²) in [6, 6.07) is 0. The molecule has 3 fully saturated rings. The Morgan fingerprint density at radius 2 is 1.40 bits per heavy atom. The van der Waals surface area contributed by atoms with Crippen molar-refractivity contribution in [2.75, 3.05) is 14.2 Å². The van der Waals surface area contributed by atoms with E-state index in [9.17, 15) is 21.6 Å². The summed E-state index contributed by atoms with van der Waals surface area (Å²) < 4.78 is 51.5. The molecule has 0 radical (unpaired) electrons. The molecule has 12 heteroatoms. The van der Waals surface area contributed by atoms with Gasteiger partial charge in [0.2, 0.25) is 0 Å². The first-order valence-corrected chi connectivity index (χ1v) is 13.0. The van der Waals surface area contributed by atoms with Crippen LogP contribution in [0.5, 0.6) is 0 Å². The van der Waals surface area contributed by atoms with Gasteiger partial charge in [0, 0.05) is 0 Å². The molecule has 5 unspecified atom stereocenters. The fourth-order valence-electron chi connectivity index (χ4n) is 4.58. The van der Waals surface area contributed by atoms with E-state index < -0.39 is 20.6 Å². The number of nitrogens with two attached hydrogens (primary N) is 2. The molecule has 0 aromatic heterocycles. The van der Waals surface area contributed by atoms with Gasteiger partial charge in [0.25, 0.3) is 0 Å². The highest BCUT2D eigenvalue weighted by Crippen LogP contribution is 2.59. The molecule has 0 amide bonds. The van der Waals surface area contributed by atoms with Crippen LogP contribution in [-0.2, 0) is 38.5 Å². The van der Waals surface area contributed by atoms with Gasteiger partial charge in [-0.15, -0.1) is 0 Å². The van der Waals surface area contributed by atoms with Crippen LogP contribution in [0.15, 0.2) is 0 Å². The van der Waals surface area contributed by atoms with Crippen LogP contribution < -0.4 is 10.3 Å². The molecule has 0 aromatic carbocycles. The van der Waals surface area contributed by atoms with Crippen molar-refractivity contribution in [3.8, 4) is 0 Å². The van der Waals surface area contributed by atoms with E-state index in [4.69, 9.17) is 4.74 Å². The highest BCUT2D eigenvalue weighted by molar-refractivity contribution is 7.84. The van der Waals surface area contributed by atoms with Gasteiger partial charge in [-0.3, -0.25) is 13.2 Å². The molecule has 5 atom stereocenters. The maximum Gasteiger partial charge on any atom is 0.333 e. The average Bonchev–Trinajstić information content (AvgIpc) is 3.34. The molecule has 4 N–H and O–H groups in total. The Hall–Kier alpha value is -0.790. The third-order valence-electron chi connectivity index (χ3n) is 6.53. The molecule has 0 aromatic rings. The molecule has 3 rings (SSSR count). The highest BCUT2D eigenvalue weighted by Gasteiger charge is 2.55. The van der Waals surface area contributed by atoms with Gasteiger partial charge in [-0.2, -0.15) is 16.8 Å². The Morgan fingerprint density at radius 1 is 0.933 bits per heavy atom. The number of hydrogen-bond donors (Lipinski definition) is 2. The molecule has 2 bridgehead atoms. The summed E-state index contributed by atoms with van der Waals surface area (Å²) in [5.41, 5.74) is -0.309. The van der Waals surface area contributed by atoms with Gasteiger partial charge in [0.1, 0.15) is 6.10 Å². The molecule has 0 saturated heterocycles. The van der Waals surface area contributed by atoms with Crippen molar-refractivity contribution in [1.82, 2.24) is 0 Å². The minimum atomic E-state index is -3.66. The summed E-state index contributed by atoms with van der Waals surface area (Å²) in [4.78, 5) is 12.2. The fraction of sp³-hybridized carbons (Fsp3) is 0.944. The van der Waals surface area contributed by atoms with Crippen molar-refractivity contribution in [3.63, 3.8) is 0 Å². The first kappa shape index (κ1) is 27.2. The minimum Gasteiger partial charge on any atom is -0.462 e. The zero-order valence-corrected chi connectivity index (χ0v) is 20.0. The number of rotatable bonds is 5. The number of hydrogen-bond acceptors (Lipinski definition) is 8. The number of fused-ring (bicyclic) bond motifs is 5. The lowest BCUT2D eigenvalue weighted by Gasteiger charge is -2.33. The monoisotopic (exact) mass is 472 g/mol. The summed E-state index contributed by atoms with van der Waals surface area (Å²) in [6.45, 7) is 6.07. The zero-order valence-electron chi connectivity index (χ0n) is 18.4. The van der Waals surface area contributed by atoms with Crippen LogP contribution in [0.25, 0.3) is 0 Å². The second-order valence-electron chi connectivity index (χ2n) is 8.65. The Balaban J connectivity index is 0.000000312. The van der Waals surface area contributed by atoms with Crippen molar-refractivity contribution in [1.29, 1.82) is 0 Å². The third kappa shape index (κ3) is 8.04. The fourth-order valence-corrected chi connectivity index (χ4v) is 4.58. The molecule has 3 aliphatic carbocycles. The summed E-state index contributed by atoms with van der Waals surface area (Å²) >= 11 is 0. The predicted octanol–water partition coefficient (Wildman–Crippen LogP) is 1.46. The Morgan fingerprint density at radius 3 is 1.83 bits per heavy atom. The van der Waals surface area contributed by atoms with E-state index in [-0.39, 0.29) is 17.5 Å². The number of esters is 1. The van der Waals surface area contributed by atoms with Gasteiger partial charge < -0.3 is 4.74 Å². The van der Waals surface area contributed by atoms with Crippen molar-refractivity contribution in [2.45, 2.75) is 65.4 Å². The minimum absolute atomic E-state index is 0.0251. The molecular formula is C18H36N2O8S2. The second-order valence-corrected chi connectivity index (χ2v) is 11.3. The lowest BCUT2D eigenvalue weighted by atomic mass is 9.80. The van der Waals surface area contributed by atoms with Crippen LogP contribution in [0, 0.1) is 29.1 Å². The maximum atomic E-state index is 12.2. The number of carbonyl (C=O) groups excluding carboxylic acids is 1. The van der Waals surface area contributed by atoms with E-state index in [2.05, 4.69) is 25.6 Å². The van der Waals surface area contributed by atoms with Gasteiger partial charge in [-0.1, -0.05) is 13.3 Å². The lowest BCUT2D eigenvalue weighted by Crippen LogP contribution is -2.36. The van der Waals surface area contributed by atoms with Crippen LogP contribution in [0.3, 0.4) is 0 Å². The number of carbonyl (C=O) groups is 1. The van der Waals surface area contributed by atoms with Gasteiger partial charge >= 0.3 is 26.6 Å². The van der Waals surface area contributed by atoms with Crippen molar-refractivity contribution >= 4 is 26.6 Å². The summed E-state index contributed by atoms with van der Waals surface area (Å²) in [5.74, 6) is 3.44. The molecule has 0 aliphatic heterocycles. The van der Waals surface area contributed by atoms with E-state index in [1.165, 1.54) is 25.7 Å². The largest absolute Gasteiger partial charge is 0.462 e. The van der Waals surface area contributed by atoms with E-state index >= 15 is 0 Å². The van der Waals surface area contributed by atoms with Crippen LogP contribution in [0.4, 0.5) is 0 Å². The first-order chi connectivity index (χ1) is 13.6. The average molecular weight is 473 g/mol. The quantitative estimate of drug-likeness (QED) is 0.567. The summed E-state index contributed by atoms with van der Waals surface area (Å²) in [5, 5.41) is 8.57. The molecule has 10 nitrogen and oxygen atoms in total. The highest BCUT2D eigenvalue weighted by atomic mass is 32.2. The summed E-state index contributed by atoms with van der Waals surface area (Å²) in [7, 11) is -5.33. The van der Waals surface area contributed by atoms with Crippen LogP contribution in [0.1, 0.15) is 59.3 Å². The number of ether oxygens (including phenoxy) is 1. The van der Waals surface area contributed by atoms with Crippen molar-refractivity contribution in [2.24, 2.45) is 39.4 Å². The lowest BCUT2D eigenvalue weighted by molar-refractivity contribution is -0.163. The van der Waals surface area contributed by atoms with E-state index in [1.54, 1.807) is 0 Å². The standard InChI is InChI=1S/C16H26O2.2CH5NO3S/c1-4-16(2,3)15(17)18-14-9-10-8-13(14)12-7-5-6-11(10)12;2*1-5-6(2,3)4/h10-14H,4-9H2,1-3H3;2*1H3,(H2,2,3,4). The van der Waals surface area contributed by atoms with Crippen molar-refractivity contribution < 1.29 is 34.7 Å². The van der Waals surface area contributed by atoms with Crippen LogP contribution >= 0.6 is 0 Å². The van der Waals surface area contributed by atoms with E-state index in [1.807, 2.05) is 13.8 Å². The Bertz CT molecular complexity index is 750. The maximum absolute atomic E-state index is 12.2. The van der Waals surface area contributed by atoms with Gasteiger partial charge in [0.05, 0.1) is 19.6 Å². The SMILES string of the molecule is CCC(C)(C)C(=O)OC1CC2CC1C1CCCC21.COS(N)(=O)=O.COS(N)(=O)=O. The second kappa shape index (κ2) is 10.7. The summed E-state index contributed by atoms with van der Waals surface area (Å²) in [6.07, 6.45) is 7.82. The van der Waals surface area contributed by atoms with E-state index in [0.29, 0.717) is 5.92 Å². The molecular weight excluding hydrogens is 436 g/mol. The molecule has 30 heavy (non-hydrogen) atoms. The first-order valence-electron chi connectivity index (χ1n) is 10.0. The van der Waals surface area contributed by atoms with Crippen LogP contribution in [0.2, 0.25) is 0 Å². The molecule has 0 spiro atoms. The smallest absolute Gasteiger partial charge is 0.333 e. The van der Waals surface area contributed by atoms with Gasteiger partial charge in [-0.25, -0.2) is 10.3 Å². The van der Waals surface area contributed by atoms with E-state index in [0.717, 1.165) is 44.8 Å². The Kier molecular flexibility index (Phi) is 9.70. The van der Waals surface area contributed by atoms with Gasteiger partial charge in [-0.05, 0) is 69.6 Å². The predicted molar refractivity (Wildman–Crippen MR) is 111 cm³/mol. The molecule has 3 saturated carbocycles. The van der Waals surface area contributed by atoms with Crippen molar-refractivity contribution in [3.05, 3.63) is 0 Å². The normalized spacial score (nSPS) is 29.9.